The highest BCUT2D eigenvalue weighted by Crippen LogP contribution is 2.23. The van der Waals surface area contributed by atoms with Crippen LogP contribution in [0.25, 0.3) is 16.6 Å². The lowest BCUT2D eigenvalue weighted by Crippen LogP contribution is -2.24. The Morgan fingerprint density at radius 3 is 2.56 bits per heavy atom. The van der Waals surface area contributed by atoms with Crippen molar-refractivity contribution in [2.45, 2.75) is 6.54 Å². The summed E-state index contributed by atoms with van der Waals surface area (Å²) in [4.78, 5) is 53.6. The smallest absolute Gasteiger partial charge is 0.262 e. The Labute approximate surface area is 178 Å². The molecule has 0 bridgehead atoms. The quantitative estimate of drug-likeness (QED) is 0.469. The summed E-state index contributed by atoms with van der Waals surface area (Å²) in [6.07, 6.45) is 1.29. The van der Waals surface area contributed by atoms with Gasteiger partial charge in [0.1, 0.15) is 11.6 Å². The number of nitrogens with one attached hydrogen (secondary N) is 1. The van der Waals surface area contributed by atoms with Crippen LogP contribution in [0.2, 0.25) is 0 Å². The summed E-state index contributed by atoms with van der Waals surface area (Å²) in [7, 11) is 0. The Kier molecular flexibility index (Phi) is 4.22. The molecule has 0 fully saturated rings. The largest absolute Gasteiger partial charge is 0.384 e. The minimum atomic E-state index is -0.689. The molecule has 158 valence electrons. The average Bonchev–Trinajstić information content (AvgIpc) is 3.05. The highest BCUT2D eigenvalue weighted by molar-refractivity contribution is 6.23. The van der Waals surface area contributed by atoms with Crippen molar-refractivity contribution in [3.8, 4) is 5.69 Å². The Bertz CT molecular complexity index is 1590. The van der Waals surface area contributed by atoms with Gasteiger partial charge >= 0.3 is 0 Å². The molecule has 1 aliphatic rings. The van der Waals surface area contributed by atoms with Gasteiger partial charge in [-0.25, -0.2) is 9.37 Å². The molecule has 9 nitrogen and oxygen atoms in total. The van der Waals surface area contributed by atoms with Gasteiger partial charge in [-0.1, -0.05) is 18.2 Å². The number of nitrogens with two attached hydrogens (primary N) is 1. The first-order chi connectivity index (χ1) is 15.3. The third-order valence-electron chi connectivity index (χ3n) is 5.32. The number of hydrogen-bond acceptors (Lipinski definition) is 6. The molecule has 5 rings (SSSR count). The summed E-state index contributed by atoms with van der Waals surface area (Å²) in [6.45, 7) is 0.0105. The monoisotopic (exact) mass is 431 g/mol. The predicted octanol–water partition coefficient (Wildman–Crippen LogP) is 1.20. The minimum Gasteiger partial charge on any atom is -0.384 e. The number of pyridine rings is 1. The first-order valence-electron chi connectivity index (χ1n) is 9.49. The highest BCUT2D eigenvalue weighted by atomic mass is 19.1. The Morgan fingerprint density at radius 1 is 1.00 bits per heavy atom. The van der Waals surface area contributed by atoms with Crippen LogP contribution in [-0.2, 0) is 6.54 Å². The normalized spacial score (nSPS) is 12.8. The van der Waals surface area contributed by atoms with Crippen molar-refractivity contribution in [3.05, 3.63) is 98.1 Å². The molecule has 32 heavy (non-hydrogen) atoms. The van der Waals surface area contributed by atoms with Gasteiger partial charge in [0.2, 0.25) is 0 Å². The number of rotatable bonds is 3. The number of carbonyl (C=O) groups is 2. The second-order valence-electron chi connectivity index (χ2n) is 7.25. The van der Waals surface area contributed by atoms with Crippen molar-refractivity contribution in [2.24, 2.45) is 0 Å². The zero-order chi connectivity index (χ0) is 22.6. The molecule has 2 aromatic heterocycles. The van der Waals surface area contributed by atoms with Crippen LogP contribution in [0.3, 0.4) is 0 Å². The number of imide groups is 1. The summed E-state index contributed by atoms with van der Waals surface area (Å²) in [5.41, 5.74) is 5.79. The summed E-state index contributed by atoms with van der Waals surface area (Å²) in [6, 6.07) is 11.6. The standard InChI is InChI=1S/C22H14FN5O4/c23-15-4-2-1-3-11(15)9-27-10-25-16-7-12(5-6-13(16)22(27)32)28-17(29)8-14-18(19(28)24)21(31)26-20(14)30/h1-8,10H,9,24H2,(H,26,30,31). The first kappa shape index (κ1) is 19.4. The maximum absolute atomic E-state index is 14.0. The van der Waals surface area contributed by atoms with E-state index in [9.17, 15) is 23.6 Å². The first-order valence-corrected chi connectivity index (χ1v) is 9.49. The molecule has 10 heteroatoms. The van der Waals surface area contributed by atoms with Gasteiger partial charge in [-0.2, -0.15) is 0 Å². The molecule has 4 aromatic rings. The van der Waals surface area contributed by atoms with Crippen LogP contribution in [0.1, 0.15) is 26.3 Å². The lowest BCUT2D eigenvalue weighted by atomic mass is 10.1. The molecule has 0 saturated carbocycles. The van der Waals surface area contributed by atoms with Crippen molar-refractivity contribution >= 4 is 28.5 Å². The summed E-state index contributed by atoms with van der Waals surface area (Å²) >= 11 is 0. The Balaban J connectivity index is 1.62. The number of carbonyl (C=O) groups excluding carboxylic acids is 2. The Hall–Kier alpha value is -4.60. The van der Waals surface area contributed by atoms with Gasteiger partial charge in [0.15, 0.2) is 0 Å². The number of halogens is 1. The zero-order valence-corrected chi connectivity index (χ0v) is 16.3. The fourth-order valence-electron chi connectivity index (χ4n) is 3.75. The van der Waals surface area contributed by atoms with Crippen molar-refractivity contribution in [1.82, 2.24) is 19.4 Å². The molecule has 0 saturated heterocycles. The SMILES string of the molecule is Nc1c2c(cc(=O)n1-c1ccc3c(=O)n(Cc4ccccc4F)cnc3c1)C(=O)NC2=O. The number of nitrogens with zero attached hydrogens (tertiary/aromatic N) is 3. The van der Waals surface area contributed by atoms with Crippen LogP contribution in [0, 0.1) is 5.82 Å². The van der Waals surface area contributed by atoms with E-state index in [0.717, 1.165) is 10.6 Å². The fraction of sp³-hybridized carbons (Fsp3) is 0.0455. The van der Waals surface area contributed by atoms with Crippen LogP contribution >= 0.6 is 0 Å². The van der Waals surface area contributed by atoms with Gasteiger partial charge in [0.05, 0.1) is 40.6 Å². The molecule has 0 unspecified atom stereocenters. The molecule has 0 atom stereocenters. The molecule has 0 aliphatic carbocycles. The maximum Gasteiger partial charge on any atom is 0.262 e. The van der Waals surface area contributed by atoms with Gasteiger partial charge < -0.3 is 5.73 Å². The van der Waals surface area contributed by atoms with E-state index in [1.165, 1.54) is 35.2 Å². The highest BCUT2D eigenvalue weighted by Gasteiger charge is 2.31. The van der Waals surface area contributed by atoms with E-state index in [1.807, 2.05) is 0 Å². The predicted molar refractivity (Wildman–Crippen MR) is 113 cm³/mol. The van der Waals surface area contributed by atoms with E-state index in [-0.39, 0.29) is 45.6 Å². The zero-order valence-electron chi connectivity index (χ0n) is 16.3. The molecule has 0 radical (unpaired) electrons. The third-order valence-corrected chi connectivity index (χ3v) is 5.32. The number of benzene rings is 2. The van der Waals surface area contributed by atoms with E-state index < -0.39 is 23.2 Å². The van der Waals surface area contributed by atoms with Gasteiger partial charge in [-0.3, -0.25) is 33.6 Å². The van der Waals surface area contributed by atoms with Gasteiger partial charge in [0.25, 0.3) is 22.9 Å². The van der Waals surface area contributed by atoms with Crippen LogP contribution in [-0.4, -0.2) is 25.9 Å². The topological polar surface area (TPSA) is 129 Å². The molecule has 2 aromatic carbocycles. The third kappa shape index (κ3) is 2.88. The number of nitrogen functional groups attached to an aromatic ring is 1. The number of aromatic nitrogens is 3. The number of fused-ring (bicyclic) bond motifs is 2. The molecule has 3 N–H and O–H groups in total. The van der Waals surface area contributed by atoms with Crippen molar-refractivity contribution in [1.29, 1.82) is 0 Å². The number of hydrogen-bond donors (Lipinski definition) is 2. The second kappa shape index (κ2) is 6.98. The van der Waals surface area contributed by atoms with E-state index in [4.69, 9.17) is 5.73 Å². The maximum atomic E-state index is 14.0. The number of amides is 2. The van der Waals surface area contributed by atoms with Crippen LogP contribution < -0.4 is 22.2 Å². The molecule has 3 heterocycles. The van der Waals surface area contributed by atoms with Crippen molar-refractivity contribution < 1.29 is 14.0 Å². The van der Waals surface area contributed by atoms with E-state index in [1.54, 1.807) is 18.2 Å². The summed E-state index contributed by atoms with van der Waals surface area (Å²) < 4.78 is 16.3. The lowest BCUT2D eigenvalue weighted by Gasteiger charge is -2.13. The van der Waals surface area contributed by atoms with E-state index >= 15 is 0 Å². The van der Waals surface area contributed by atoms with Crippen LogP contribution in [0.5, 0.6) is 0 Å². The van der Waals surface area contributed by atoms with Gasteiger partial charge in [-0.05, 0) is 24.3 Å². The van der Waals surface area contributed by atoms with Crippen molar-refractivity contribution in [3.63, 3.8) is 0 Å². The minimum absolute atomic E-state index is 0.0105. The molecular formula is C22H14FN5O4. The van der Waals surface area contributed by atoms with E-state index in [2.05, 4.69) is 10.3 Å². The van der Waals surface area contributed by atoms with Crippen LogP contribution in [0.4, 0.5) is 10.2 Å². The van der Waals surface area contributed by atoms with E-state index in [0.29, 0.717) is 5.56 Å². The average molecular weight is 431 g/mol. The molecule has 1 aliphatic heterocycles. The summed E-state index contributed by atoms with van der Waals surface area (Å²) in [5, 5.41) is 2.36. The summed E-state index contributed by atoms with van der Waals surface area (Å²) in [5.74, 6) is -1.99. The second-order valence-corrected chi connectivity index (χ2v) is 7.25. The van der Waals surface area contributed by atoms with Gasteiger partial charge in [-0.15, -0.1) is 0 Å². The lowest BCUT2D eigenvalue weighted by molar-refractivity contribution is 0.0880. The molecular weight excluding hydrogens is 417 g/mol. The Morgan fingerprint density at radius 2 is 1.78 bits per heavy atom. The van der Waals surface area contributed by atoms with Gasteiger partial charge in [0, 0.05) is 11.6 Å². The van der Waals surface area contributed by atoms with Crippen LogP contribution in [0.15, 0.2) is 64.4 Å². The fourth-order valence-corrected chi connectivity index (χ4v) is 3.75. The number of anilines is 1. The molecule has 2 amide bonds. The molecule has 0 spiro atoms. The van der Waals surface area contributed by atoms with Crippen molar-refractivity contribution in [2.75, 3.05) is 5.73 Å².